The number of hydrogen-bond donors (Lipinski definition) is 0. The molecule has 0 aliphatic rings. The van der Waals surface area contributed by atoms with Crippen molar-refractivity contribution in [3.05, 3.63) is 29.6 Å². The lowest BCUT2D eigenvalue weighted by atomic mass is 10.2. The zero-order valence-electron chi connectivity index (χ0n) is 9.60. The molecule has 0 unspecified atom stereocenters. The van der Waals surface area contributed by atoms with Gasteiger partial charge in [0.1, 0.15) is 0 Å². The summed E-state index contributed by atoms with van der Waals surface area (Å²) in [4.78, 5) is 17.7. The van der Waals surface area contributed by atoms with Gasteiger partial charge in [-0.25, -0.2) is 0 Å². The Morgan fingerprint density at radius 1 is 1.56 bits per heavy atom. The number of aryl methyl sites for hydroxylation is 1. The summed E-state index contributed by atoms with van der Waals surface area (Å²) in [6, 6.07) is 3.85. The largest absolute Gasteiger partial charge is 0.338 e. The van der Waals surface area contributed by atoms with Gasteiger partial charge in [-0.2, -0.15) is 5.26 Å². The predicted octanol–water partition coefficient (Wildman–Crippen LogP) is 1.77. The molecule has 0 atom stereocenters. The van der Waals surface area contributed by atoms with Crippen molar-refractivity contribution >= 4 is 5.91 Å². The molecule has 1 aromatic rings. The first-order valence-electron chi connectivity index (χ1n) is 5.27. The highest BCUT2D eigenvalue weighted by molar-refractivity contribution is 5.94. The van der Waals surface area contributed by atoms with E-state index in [1.165, 1.54) is 0 Å². The molecule has 1 amide bonds. The van der Waals surface area contributed by atoms with Crippen molar-refractivity contribution in [2.75, 3.05) is 13.1 Å². The monoisotopic (exact) mass is 217 g/mol. The molecule has 0 saturated heterocycles. The maximum Gasteiger partial charge on any atom is 0.255 e. The lowest BCUT2D eigenvalue weighted by Crippen LogP contribution is -2.31. The molecule has 0 bridgehead atoms. The molecule has 1 rings (SSSR count). The third-order valence-electron chi connectivity index (χ3n) is 2.28. The van der Waals surface area contributed by atoms with E-state index in [4.69, 9.17) is 5.26 Å². The van der Waals surface area contributed by atoms with E-state index in [1.54, 1.807) is 17.3 Å². The van der Waals surface area contributed by atoms with E-state index >= 15 is 0 Å². The van der Waals surface area contributed by atoms with Gasteiger partial charge in [0, 0.05) is 25.5 Å². The lowest BCUT2D eigenvalue weighted by molar-refractivity contribution is 0.0767. The summed E-state index contributed by atoms with van der Waals surface area (Å²) in [7, 11) is 0. The molecule has 4 nitrogen and oxygen atoms in total. The van der Waals surface area contributed by atoms with E-state index in [9.17, 15) is 4.79 Å². The third kappa shape index (κ3) is 3.06. The normalized spacial score (nSPS) is 9.56. The maximum absolute atomic E-state index is 12.0. The predicted molar refractivity (Wildman–Crippen MR) is 60.8 cm³/mol. The molecule has 16 heavy (non-hydrogen) atoms. The number of aromatic nitrogens is 1. The van der Waals surface area contributed by atoms with Crippen LogP contribution in [0.15, 0.2) is 18.5 Å². The smallest absolute Gasteiger partial charge is 0.255 e. The van der Waals surface area contributed by atoms with Gasteiger partial charge in [-0.15, -0.1) is 0 Å². The second-order valence-electron chi connectivity index (χ2n) is 3.54. The highest BCUT2D eigenvalue weighted by Gasteiger charge is 2.13. The average molecular weight is 217 g/mol. The molecular formula is C12H15N3O. The first-order valence-corrected chi connectivity index (χ1v) is 5.27. The Balaban J connectivity index is 2.79. The van der Waals surface area contributed by atoms with Crippen LogP contribution in [-0.4, -0.2) is 28.9 Å². The van der Waals surface area contributed by atoms with Crippen LogP contribution >= 0.6 is 0 Å². The van der Waals surface area contributed by atoms with Crippen molar-refractivity contribution in [1.29, 1.82) is 5.26 Å². The average Bonchev–Trinajstić information content (AvgIpc) is 2.29. The highest BCUT2D eigenvalue weighted by Crippen LogP contribution is 2.06. The van der Waals surface area contributed by atoms with E-state index in [0.717, 1.165) is 5.56 Å². The molecule has 0 spiro atoms. The van der Waals surface area contributed by atoms with Crippen LogP contribution in [0, 0.1) is 18.3 Å². The molecule has 0 fully saturated rings. The van der Waals surface area contributed by atoms with E-state index < -0.39 is 0 Å². The first kappa shape index (κ1) is 12.2. The second-order valence-corrected chi connectivity index (χ2v) is 3.54. The standard InChI is InChI=1S/C12H15N3O/c1-3-15(6-4-5-13)12(16)11-7-10(2)8-14-9-11/h7-9H,3-4,6H2,1-2H3. The molecule has 0 aliphatic heterocycles. The van der Waals surface area contributed by atoms with Gasteiger partial charge in [-0.3, -0.25) is 9.78 Å². The molecule has 0 saturated carbocycles. The van der Waals surface area contributed by atoms with Gasteiger partial charge in [-0.1, -0.05) is 0 Å². The van der Waals surface area contributed by atoms with Gasteiger partial charge in [0.25, 0.3) is 5.91 Å². The summed E-state index contributed by atoms with van der Waals surface area (Å²) < 4.78 is 0. The molecule has 0 N–H and O–H groups in total. The van der Waals surface area contributed by atoms with Crippen LogP contribution in [0.1, 0.15) is 29.3 Å². The Labute approximate surface area is 95.5 Å². The van der Waals surface area contributed by atoms with E-state index in [0.29, 0.717) is 25.1 Å². The minimum absolute atomic E-state index is 0.0612. The van der Waals surface area contributed by atoms with E-state index in [1.807, 2.05) is 26.0 Å². The molecule has 84 valence electrons. The van der Waals surface area contributed by atoms with Crippen LogP contribution in [0.3, 0.4) is 0 Å². The fourth-order valence-corrected chi connectivity index (χ4v) is 1.44. The van der Waals surface area contributed by atoms with Crippen molar-refractivity contribution < 1.29 is 4.79 Å². The SMILES string of the molecule is CCN(CCC#N)C(=O)c1cncc(C)c1. The first-order chi connectivity index (χ1) is 7.69. The van der Waals surface area contributed by atoms with Gasteiger partial charge >= 0.3 is 0 Å². The van der Waals surface area contributed by atoms with Crippen molar-refractivity contribution in [2.24, 2.45) is 0 Å². The Morgan fingerprint density at radius 3 is 2.88 bits per heavy atom. The summed E-state index contributed by atoms with van der Waals surface area (Å²) in [5.74, 6) is -0.0612. The Morgan fingerprint density at radius 2 is 2.31 bits per heavy atom. The van der Waals surface area contributed by atoms with Crippen LogP contribution in [0.2, 0.25) is 0 Å². The minimum atomic E-state index is -0.0612. The molecule has 1 heterocycles. The summed E-state index contributed by atoms with van der Waals surface area (Å²) >= 11 is 0. The van der Waals surface area contributed by atoms with Crippen LogP contribution < -0.4 is 0 Å². The summed E-state index contributed by atoms with van der Waals surface area (Å²) in [6.07, 6.45) is 3.63. The van der Waals surface area contributed by atoms with Gasteiger partial charge in [0.2, 0.25) is 0 Å². The van der Waals surface area contributed by atoms with Crippen LogP contribution in [0.5, 0.6) is 0 Å². The van der Waals surface area contributed by atoms with Gasteiger partial charge < -0.3 is 4.90 Å². The number of nitriles is 1. The highest BCUT2D eigenvalue weighted by atomic mass is 16.2. The van der Waals surface area contributed by atoms with E-state index in [2.05, 4.69) is 4.98 Å². The van der Waals surface area contributed by atoms with Crippen molar-refractivity contribution in [3.8, 4) is 6.07 Å². The molecule has 1 aromatic heterocycles. The second kappa shape index (κ2) is 5.86. The van der Waals surface area contributed by atoms with Gasteiger partial charge in [0.15, 0.2) is 0 Å². The van der Waals surface area contributed by atoms with Crippen molar-refractivity contribution in [3.63, 3.8) is 0 Å². The number of carbonyl (C=O) groups excluding carboxylic acids is 1. The van der Waals surface area contributed by atoms with Gasteiger partial charge in [0.05, 0.1) is 18.1 Å². The van der Waals surface area contributed by atoms with Crippen LogP contribution in [0.25, 0.3) is 0 Å². The number of carbonyl (C=O) groups is 1. The summed E-state index contributed by atoms with van der Waals surface area (Å²) in [5, 5.41) is 8.51. The van der Waals surface area contributed by atoms with Crippen molar-refractivity contribution in [1.82, 2.24) is 9.88 Å². The zero-order chi connectivity index (χ0) is 12.0. The third-order valence-corrected chi connectivity index (χ3v) is 2.28. The number of hydrogen-bond acceptors (Lipinski definition) is 3. The quantitative estimate of drug-likeness (QED) is 0.772. The Bertz CT molecular complexity index is 409. The number of pyridine rings is 1. The number of nitrogens with zero attached hydrogens (tertiary/aromatic N) is 3. The van der Waals surface area contributed by atoms with E-state index in [-0.39, 0.29) is 5.91 Å². The minimum Gasteiger partial charge on any atom is -0.338 e. The zero-order valence-corrected chi connectivity index (χ0v) is 9.60. The molecule has 0 aliphatic carbocycles. The van der Waals surface area contributed by atoms with Crippen LogP contribution in [0.4, 0.5) is 0 Å². The molecular weight excluding hydrogens is 202 g/mol. The van der Waals surface area contributed by atoms with Crippen LogP contribution in [-0.2, 0) is 0 Å². The molecule has 4 heteroatoms. The fraction of sp³-hybridized carbons (Fsp3) is 0.417. The summed E-state index contributed by atoms with van der Waals surface area (Å²) in [5.41, 5.74) is 1.54. The van der Waals surface area contributed by atoms with Gasteiger partial charge in [-0.05, 0) is 25.5 Å². The summed E-state index contributed by atoms with van der Waals surface area (Å²) in [6.45, 7) is 4.88. The maximum atomic E-state index is 12.0. The molecule has 0 aromatic carbocycles. The van der Waals surface area contributed by atoms with Crippen molar-refractivity contribution in [2.45, 2.75) is 20.3 Å². The topological polar surface area (TPSA) is 57.0 Å². The number of amides is 1. The number of rotatable bonds is 4. The Kier molecular flexibility index (Phi) is 4.46. The molecule has 0 radical (unpaired) electrons. The lowest BCUT2D eigenvalue weighted by Gasteiger charge is -2.19. The Hall–Kier alpha value is -1.89. The fourth-order valence-electron chi connectivity index (χ4n) is 1.44.